The van der Waals surface area contributed by atoms with Crippen molar-refractivity contribution in [3.8, 4) is 10.7 Å². The molecule has 4 rings (SSSR count). The van der Waals surface area contributed by atoms with Crippen molar-refractivity contribution in [3.63, 3.8) is 0 Å². The van der Waals surface area contributed by atoms with Crippen molar-refractivity contribution in [1.82, 2.24) is 25.0 Å². The van der Waals surface area contributed by atoms with Crippen LogP contribution < -0.4 is 0 Å². The molecule has 10 heteroatoms. The van der Waals surface area contributed by atoms with Crippen LogP contribution in [0.15, 0.2) is 40.2 Å². The zero-order chi connectivity index (χ0) is 18.6. The molecular weight excluding hydrogens is 402 g/mol. The Morgan fingerprint density at radius 3 is 2.52 bits per heavy atom. The molecule has 0 bridgehead atoms. The fourth-order valence-corrected chi connectivity index (χ4v) is 4.82. The Morgan fingerprint density at radius 1 is 1.07 bits per heavy atom. The molecule has 3 aromatic rings. The van der Waals surface area contributed by atoms with Crippen molar-refractivity contribution in [2.45, 2.75) is 5.16 Å². The zero-order valence-electron chi connectivity index (χ0n) is 14.3. The Balaban J connectivity index is 1.26. The maximum absolute atomic E-state index is 12.5. The summed E-state index contributed by atoms with van der Waals surface area (Å²) < 4.78 is 0. The molecule has 1 saturated heterocycles. The van der Waals surface area contributed by atoms with Crippen molar-refractivity contribution < 1.29 is 9.59 Å². The number of carbonyl (C=O) groups excluding carboxylic acids is 2. The molecule has 1 N–H and O–H groups in total. The van der Waals surface area contributed by atoms with Gasteiger partial charge >= 0.3 is 0 Å². The van der Waals surface area contributed by atoms with Gasteiger partial charge in [0.25, 0.3) is 5.91 Å². The standard InChI is InChI=1S/C17H17N5O2S3/c23-14(11-27-17-18-15(19-20-17)12-3-1-9-25-12)21-5-7-22(8-6-21)16(24)13-4-2-10-26-13/h1-4,9-10H,5-8,11H2,(H,18,19,20). The summed E-state index contributed by atoms with van der Waals surface area (Å²) in [6, 6.07) is 7.65. The number of amides is 2. The number of rotatable bonds is 5. The second kappa shape index (κ2) is 8.24. The van der Waals surface area contributed by atoms with Gasteiger partial charge in [-0.1, -0.05) is 23.9 Å². The molecule has 0 spiro atoms. The number of hydrogen-bond acceptors (Lipinski definition) is 7. The van der Waals surface area contributed by atoms with Gasteiger partial charge in [0.2, 0.25) is 11.1 Å². The van der Waals surface area contributed by atoms with Gasteiger partial charge < -0.3 is 9.80 Å². The van der Waals surface area contributed by atoms with Crippen LogP contribution in [0.2, 0.25) is 0 Å². The first-order chi connectivity index (χ1) is 13.2. The number of H-pyrrole nitrogens is 1. The first-order valence-electron chi connectivity index (χ1n) is 8.40. The lowest BCUT2D eigenvalue weighted by Gasteiger charge is -2.34. The summed E-state index contributed by atoms with van der Waals surface area (Å²) in [6.45, 7) is 2.25. The van der Waals surface area contributed by atoms with Gasteiger partial charge in [0, 0.05) is 26.2 Å². The maximum atomic E-state index is 12.5. The largest absolute Gasteiger partial charge is 0.338 e. The highest BCUT2D eigenvalue weighted by atomic mass is 32.2. The lowest BCUT2D eigenvalue weighted by atomic mass is 10.3. The average Bonchev–Trinajstić information content (AvgIpc) is 3.47. The predicted octanol–water partition coefficient (Wildman–Crippen LogP) is 2.67. The number of aromatic amines is 1. The number of hydrogen-bond donors (Lipinski definition) is 1. The summed E-state index contributed by atoms with van der Waals surface area (Å²) in [5.74, 6) is 1.11. The topological polar surface area (TPSA) is 82.2 Å². The normalized spacial score (nSPS) is 14.5. The summed E-state index contributed by atoms with van der Waals surface area (Å²) in [6.07, 6.45) is 0. The van der Waals surface area contributed by atoms with Gasteiger partial charge in [-0.05, 0) is 22.9 Å². The molecule has 4 heterocycles. The minimum absolute atomic E-state index is 0.0469. The minimum atomic E-state index is 0.0469. The molecule has 1 aliphatic heterocycles. The van der Waals surface area contributed by atoms with Gasteiger partial charge in [0.05, 0.1) is 15.5 Å². The smallest absolute Gasteiger partial charge is 0.264 e. The first-order valence-corrected chi connectivity index (χ1v) is 11.1. The Hall–Kier alpha value is -2.17. The van der Waals surface area contributed by atoms with Crippen LogP contribution in [0.1, 0.15) is 9.67 Å². The predicted molar refractivity (Wildman–Crippen MR) is 107 cm³/mol. The van der Waals surface area contributed by atoms with Gasteiger partial charge in [0.1, 0.15) is 0 Å². The second-order valence-corrected chi connectivity index (χ2v) is 8.72. The highest BCUT2D eigenvalue weighted by Crippen LogP contribution is 2.23. The van der Waals surface area contributed by atoms with E-state index in [1.54, 1.807) is 16.2 Å². The van der Waals surface area contributed by atoms with Crippen molar-refractivity contribution in [1.29, 1.82) is 0 Å². The highest BCUT2D eigenvalue weighted by Gasteiger charge is 2.25. The van der Waals surface area contributed by atoms with Crippen LogP contribution in [-0.2, 0) is 4.79 Å². The van der Waals surface area contributed by atoms with Crippen LogP contribution in [0.25, 0.3) is 10.7 Å². The molecule has 7 nitrogen and oxygen atoms in total. The third kappa shape index (κ3) is 4.23. The van der Waals surface area contributed by atoms with Crippen molar-refractivity contribution >= 4 is 46.2 Å². The molecule has 0 unspecified atom stereocenters. The average molecular weight is 420 g/mol. The Kier molecular flexibility index (Phi) is 5.55. The quantitative estimate of drug-likeness (QED) is 0.643. The molecule has 0 aliphatic carbocycles. The van der Waals surface area contributed by atoms with Gasteiger partial charge in [-0.2, -0.15) is 0 Å². The number of carbonyl (C=O) groups is 2. The van der Waals surface area contributed by atoms with Crippen LogP contribution in [0.5, 0.6) is 0 Å². The van der Waals surface area contributed by atoms with E-state index >= 15 is 0 Å². The monoisotopic (exact) mass is 419 g/mol. The van der Waals surface area contributed by atoms with Gasteiger partial charge in [-0.25, -0.2) is 4.98 Å². The van der Waals surface area contributed by atoms with E-state index in [-0.39, 0.29) is 11.8 Å². The van der Waals surface area contributed by atoms with Gasteiger partial charge in [0.15, 0.2) is 5.82 Å². The Morgan fingerprint density at radius 2 is 1.81 bits per heavy atom. The molecular formula is C17H17N5O2S3. The van der Waals surface area contributed by atoms with Crippen LogP contribution in [-0.4, -0.2) is 68.7 Å². The zero-order valence-corrected chi connectivity index (χ0v) is 16.8. The molecule has 0 aromatic carbocycles. The fourth-order valence-electron chi connectivity index (χ4n) is 2.77. The molecule has 2 amide bonds. The molecule has 0 saturated carbocycles. The summed E-state index contributed by atoms with van der Waals surface area (Å²) in [5, 5.41) is 11.5. The summed E-state index contributed by atoms with van der Waals surface area (Å²) in [5.41, 5.74) is 0. The molecule has 1 fully saturated rings. The third-order valence-electron chi connectivity index (χ3n) is 4.20. The Labute approximate surface area is 168 Å². The van der Waals surface area contributed by atoms with Crippen molar-refractivity contribution in [2.24, 2.45) is 0 Å². The van der Waals surface area contributed by atoms with E-state index in [1.807, 2.05) is 39.9 Å². The number of nitrogens with zero attached hydrogens (tertiary/aromatic N) is 4. The molecule has 27 heavy (non-hydrogen) atoms. The number of thiophene rings is 2. The summed E-state index contributed by atoms with van der Waals surface area (Å²) in [4.78, 5) is 34.6. The highest BCUT2D eigenvalue weighted by molar-refractivity contribution is 7.99. The number of thioether (sulfide) groups is 1. The van der Waals surface area contributed by atoms with Crippen LogP contribution in [0, 0.1) is 0 Å². The summed E-state index contributed by atoms with van der Waals surface area (Å²) in [7, 11) is 0. The van der Waals surface area contributed by atoms with E-state index in [2.05, 4.69) is 15.2 Å². The van der Waals surface area contributed by atoms with E-state index in [0.717, 1.165) is 15.6 Å². The Bertz CT molecular complexity index is 899. The van der Waals surface area contributed by atoms with Gasteiger partial charge in [-0.3, -0.25) is 14.7 Å². The van der Waals surface area contributed by atoms with E-state index in [1.165, 1.54) is 23.1 Å². The SMILES string of the molecule is O=C(CSc1n[nH]c(-c2cccs2)n1)N1CCN(C(=O)c2cccs2)CC1. The third-order valence-corrected chi connectivity index (χ3v) is 6.76. The van der Waals surface area contributed by atoms with Gasteiger partial charge in [-0.15, -0.1) is 27.8 Å². The van der Waals surface area contributed by atoms with E-state index in [0.29, 0.717) is 37.1 Å². The van der Waals surface area contributed by atoms with Crippen LogP contribution >= 0.6 is 34.4 Å². The molecule has 1 aliphatic rings. The van der Waals surface area contributed by atoms with E-state index in [9.17, 15) is 9.59 Å². The molecule has 3 aromatic heterocycles. The minimum Gasteiger partial charge on any atom is -0.338 e. The molecule has 0 atom stereocenters. The molecule has 0 radical (unpaired) electrons. The van der Waals surface area contributed by atoms with E-state index in [4.69, 9.17) is 0 Å². The van der Waals surface area contributed by atoms with Crippen LogP contribution in [0.3, 0.4) is 0 Å². The lowest BCUT2D eigenvalue weighted by Crippen LogP contribution is -2.51. The summed E-state index contributed by atoms with van der Waals surface area (Å²) >= 11 is 4.36. The first kappa shape index (κ1) is 18.2. The lowest BCUT2D eigenvalue weighted by molar-refractivity contribution is -0.129. The molecule has 140 valence electrons. The second-order valence-electron chi connectivity index (χ2n) is 5.88. The number of piperazine rings is 1. The van der Waals surface area contributed by atoms with Crippen molar-refractivity contribution in [2.75, 3.05) is 31.9 Å². The van der Waals surface area contributed by atoms with E-state index < -0.39 is 0 Å². The van der Waals surface area contributed by atoms with Crippen molar-refractivity contribution in [3.05, 3.63) is 39.9 Å². The number of nitrogens with one attached hydrogen (secondary N) is 1. The fraction of sp³-hybridized carbons (Fsp3) is 0.294. The number of aromatic nitrogens is 3. The van der Waals surface area contributed by atoms with Crippen LogP contribution in [0.4, 0.5) is 0 Å². The maximum Gasteiger partial charge on any atom is 0.264 e.